The lowest BCUT2D eigenvalue weighted by molar-refractivity contribution is -0.132. The van der Waals surface area contributed by atoms with E-state index < -0.39 is 0 Å². The van der Waals surface area contributed by atoms with Crippen LogP contribution in [0.1, 0.15) is 30.4 Å². The Kier molecular flexibility index (Phi) is 6.99. The van der Waals surface area contributed by atoms with E-state index in [-0.39, 0.29) is 11.8 Å². The van der Waals surface area contributed by atoms with Crippen LogP contribution in [-0.4, -0.2) is 76.9 Å². The van der Waals surface area contributed by atoms with Gasteiger partial charge in [-0.2, -0.15) is 0 Å². The number of carbonyl (C=O) groups is 2. The third-order valence-electron chi connectivity index (χ3n) is 6.16. The van der Waals surface area contributed by atoms with E-state index in [2.05, 4.69) is 25.1 Å². The number of piperazine rings is 1. The van der Waals surface area contributed by atoms with E-state index in [1.165, 1.54) is 0 Å². The molecule has 4 rings (SSSR count). The lowest BCUT2D eigenvalue weighted by Crippen LogP contribution is -2.50. The van der Waals surface area contributed by atoms with Crippen LogP contribution < -0.4 is 10.2 Å². The summed E-state index contributed by atoms with van der Waals surface area (Å²) < 4.78 is 0. The highest BCUT2D eigenvalue weighted by atomic mass is 16.2. The number of benzene rings is 1. The van der Waals surface area contributed by atoms with Crippen molar-refractivity contribution in [2.75, 3.05) is 49.5 Å². The van der Waals surface area contributed by atoms with Gasteiger partial charge in [-0.05, 0) is 49.9 Å². The van der Waals surface area contributed by atoms with Crippen molar-refractivity contribution in [3.63, 3.8) is 0 Å². The van der Waals surface area contributed by atoms with Gasteiger partial charge in [0.05, 0.1) is 6.54 Å². The summed E-state index contributed by atoms with van der Waals surface area (Å²) >= 11 is 0. The first kappa shape index (κ1) is 22.2. The van der Waals surface area contributed by atoms with Gasteiger partial charge in [-0.25, -0.2) is 9.97 Å². The molecule has 2 fully saturated rings. The van der Waals surface area contributed by atoms with Crippen LogP contribution in [0.5, 0.6) is 0 Å². The molecule has 2 heterocycles. The summed E-state index contributed by atoms with van der Waals surface area (Å²) in [6, 6.07) is 8.28. The van der Waals surface area contributed by atoms with Crippen molar-refractivity contribution in [2.45, 2.75) is 39.2 Å². The summed E-state index contributed by atoms with van der Waals surface area (Å²) in [5.74, 6) is 0.850. The predicted molar refractivity (Wildman–Crippen MR) is 125 cm³/mol. The molecule has 1 N–H and O–H groups in total. The van der Waals surface area contributed by atoms with E-state index >= 15 is 0 Å². The largest absolute Gasteiger partial charge is 0.339 e. The standard InChI is InChI=1S/C24H32N6O2/c1-18-4-5-19(2)21(16-18)27-22(31)17-30(20-6-7-20)11-8-23(32)28-12-14-29(15-13-28)24-25-9-3-10-26-24/h3-5,9-10,16,20H,6-8,11-15,17H2,1-2H3,(H,27,31). The molecule has 1 saturated heterocycles. The van der Waals surface area contributed by atoms with E-state index in [4.69, 9.17) is 0 Å². The van der Waals surface area contributed by atoms with Gasteiger partial charge in [-0.1, -0.05) is 12.1 Å². The Hall–Kier alpha value is -3.00. The normalized spacial score (nSPS) is 16.3. The molecule has 8 heteroatoms. The van der Waals surface area contributed by atoms with Gasteiger partial charge >= 0.3 is 0 Å². The second kappa shape index (κ2) is 10.1. The maximum Gasteiger partial charge on any atom is 0.238 e. The Morgan fingerprint density at radius 1 is 1.09 bits per heavy atom. The van der Waals surface area contributed by atoms with Gasteiger partial charge in [0.1, 0.15) is 0 Å². The van der Waals surface area contributed by atoms with Gasteiger partial charge in [-0.15, -0.1) is 0 Å². The van der Waals surface area contributed by atoms with Crippen molar-refractivity contribution in [3.8, 4) is 0 Å². The number of hydrogen-bond donors (Lipinski definition) is 1. The first-order chi connectivity index (χ1) is 15.5. The number of rotatable bonds is 8. The topological polar surface area (TPSA) is 81.7 Å². The minimum Gasteiger partial charge on any atom is -0.339 e. The molecule has 0 radical (unpaired) electrons. The number of amides is 2. The molecule has 2 aliphatic rings. The van der Waals surface area contributed by atoms with Crippen molar-refractivity contribution in [2.24, 2.45) is 0 Å². The van der Waals surface area contributed by atoms with E-state index in [9.17, 15) is 9.59 Å². The van der Waals surface area contributed by atoms with Gasteiger partial charge in [-0.3, -0.25) is 14.5 Å². The third kappa shape index (κ3) is 5.82. The Morgan fingerprint density at radius 3 is 2.50 bits per heavy atom. The van der Waals surface area contributed by atoms with Crippen LogP contribution >= 0.6 is 0 Å². The first-order valence-corrected chi connectivity index (χ1v) is 11.4. The smallest absolute Gasteiger partial charge is 0.238 e. The summed E-state index contributed by atoms with van der Waals surface area (Å²) in [6.07, 6.45) is 6.11. The SMILES string of the molecule is Cc1ccc(C)c(NC(=O)CN(CCC(=O)N2CCN(c3ncccn3)CC2)C2CC2)c1. The first-order valence-electron chi connectivity index (χ1n) is 11.4. The predicted octanol–water partition coefficient (Wildman–Crippen LogP) is 2.24. The molecule has 32 heavy (non-hydrogen) atoms. The molecular formula is C24H32N6O2. The van der Waals surface area contributed by atoms with E-state index in [1.807, 2.05) is 36.9 Å². The van der Waals surface area contributed by atoms with Gasteiger partial charge in [0.2, 0.25) is 17.8 Å². The number of carbonyl (C=O) groups excluding carboxylic acids is 2. The minimum atomic E-state index is -0.0190. The Balaban J connectivity index is 1.25. The number of anilines is 2. The van der Waals surface area contributed by atoms with Crippen LogP contribution in [0.2, 0.25) is 0 Å². The van der Waals surface area contributed by atoms with E-state index in [1.54, 1.807) is 18.5 Å². The fourth-order valence-electron chi connectivity index (χ4n) is 4.08. The monoisotopic (exact) mass is 436 g/mol. The van der Waals surface area contributed by atoms with Crippen LogP contribution in [0, 0.1) is 13.8 Å². The van der Waals surface area contributed by atoms with Crippen LogP contribution in [0.25, 0.3) is 0 Å². The number of nitrogens with zero attached hydrogens (tertiary/aromatic N) is 5. The molecule has 0 atom stereocenters. The van der Waals surface area contributed by atoms with Crippen LogP contribution in [-0.2, 0) is 9.59 Å². The highest BCUT2D eigenvalue weighted by molar-refractivity contribution is 5.93. The van der Waals surface area contributed by atoms with Gasteiger partial charge in [0.25, 0.3) is 0 Å². The molecule has 8 nitrogen and oxygen atoms in total. The van der Waals surface area contributed by atoms with Crippen molar-refractivity contribution in [1.82, 2.24) is 19.8 Å². The number of nitrogens with one attached hydrogen (secondary N) is 1. The highest BCUT2D eigenvalue weighted by Crippen LogP contribution is 2.27. The molecule has 2 aromatic rings. The van der Waals surface area contributed by atoms with Crippen LogP contribution in [0.15, 0.2) is 36.7 Å². The molecule has 1 aromatic carbocycles. The third-order valence-corrected chi connectivity index (χ3v) is 6.16. The van der Waals surface area contributed by atoms with Crippen molar-refractivity contribution >= 4 is 23.5 Å². The lowest BCUT2D eigenvalue weighted by atomic mass is 10.1. The fraction of sp³-hybridized carbons (Fsp3) is 0.500. The number of hydrogen-bond acceptors (Lipinski definition) is 6. The van der Waals surface area contributed by atoms with Crippen LogP contribution in [0.3, 0.4) is 0 Å². The summed E-state index contributed by atoms with van der Waals surface area (Å²) in [7, 11) is 0. The quantitative estimate of drug-likeness (QED) is 0.684. The van der Waals surface area contributed by atoms with Crippen molar-refractivity contribution < 1.29 is 9.59 Å². The molecule has 1 aliphatic heterocycles. The Labute approximate surface area is 189 Å². The highest BCUT2D eigenvalue weighted by Gasteiger charge is 2.31. The summed E-state index contributed by atoms with van der Waals surface area (Å²) in [5.41, 5.74) is 3.04. The molecule has 1 aliphatic carbocycles. The van der Waals surface area contributed by atoms with Crippen LogP contribution in [0.4, 0.5) is 11.6 Å². The van der Waals surface area contributed by atoms with E-state index in [0.717, 1.165) is 48.7 Å². The van der Waals surface area contributed by atoms with Gasteiger partial charge in [0, 0.05) is 63.3 Å². The molecule has 170 valence electrons. The second-order valence-electron chi connectivity index (χ2n) is 8.73. The Morgan fingerprint density at radius 2 is 1.81 bits per heavy atom. The molecule has 1 aromatic heterocycles. The fourth-order valence-corrected chi connectivity index (χ4v) is 4.08. The minimum absolute atomic E-state index is 0.0190. The molecule has 0 spiro atoms. The Bertz CT molecular complexity index is 939. The number of aryl methyl sites for hydroxylation is 2. The van der Waals surface area contributed by atoms with Crippen molar-refractivity contribution in [1.29, 1.82) is 0 Å². The van der Waals surface area contributed by atoms with E-state index in [0.29, 0.717) is 38.6 Å². The maximum absolute atomic E-state index is 12.8. The molecule has 0 unspecified atom stereocenters. The van der Waals surface area contributed by atoms with Gasteiger partial charge in [0.15, 0.2) is 0 Å². The number of aromatic nitrogens is 2. The molecule has 0 bridgehead atoms. The summed E-state index contributed by atoms with van der Waals surface area (Å²) in [4.78, 5) is 40.2. The average Bonchev–Trinajstić information content (AvgIpc) is 3.65. The van der Waals surface area contributed by atoms with Gasteiger partial charge < -0.3 is 15.1 Å². The molecule has 1 saturated carbocycles. The zero-order valence-corrected chi connectivity index (χ0v) is 19.0. The lowest BCUT2D eigenvalue weighted by Gasteiger charge is -2.35. The second-order valence-corrected chi connectivity index (χ2v) is 8.73. The molecule has 2 amide bonds. The maximum atomic E-state index is 12.8. The summed E-state index contributed by atoms with van der Waals surface area (Å²) in [6.45, 7) is 7.78. The average molecular weight is 437 g/mol. The summed E-state index contributed by atoms with van der Waals surface area (Å²) in [5, 5.41) is 3.04. The zero-order valence-electron chi connectivity index (χ0n) is 19.0. The zero-order chi connectivity index (χ0) is 22.5. The molecular weight excluding hydrogens is 404 g/mol. The van der Waals surface area contributed by atoms with Crippen molar-refractivity contribution in [3.05, 3.63) is 47.8 Å².